The Labute approximate surface area is 209 Å². The summed E-state index contributed by atoms with van der Waals surface area (Å²) in [6.07, 6.45) is 0.841. The zero-order valence-corrected chi connectivity index (χ0v) is 20.9. The summed E-state index contributed by atoms with van der Waals surface area (Å²) in [6.45, 7) is 6.10. The minimum absolute atomic E-state index is 0.250. The molecule has 1 aromatic heterocycles. The minimum atomic E-state index is -0.250. The van der Waals surface area contributed by atoms with E-state index in [1.807, 2.05) is 50.2 Å². The zero-order valence-electron chi connectivity index (χ0n) is 19.4. The monoisotopic (exact) mass is 498 g/mol. The average Bonchev–Trinajstić information content (AvgIpc) is 3.33. The second-order valence-electron chi connectivity index (χ2n) is 7.79. The van der Waals surface area contributed by atoms with E-state index in [4.69, 9.17) is 42.8 Å². The second-order valence-corrected chi connectivity index (χ2v) is 8.61. The van der Waals surface area contributed by atoms with E-state index in [1.165, 1.54) is 0 Å². The summed E-state index contributed by atoms with van der Waals surface area (Å²) in [7, 11) is 1.65. The number of thiocarbonyl (C=S) groups is 1. The van der Waals surface area contributed by atoms with Gasteiger partial charge in [-0.15, -0.1) is 0 Å². The molecule has 4 rings (SSSR count). The Morgan fingerprint density at radius 3 is 2.56 bits per heavy atom. The van der Waals surface area contributed by atoms with E-state index in [1.54, 1.807) is 19.2 Å². The lowest BCUT2D eigenvalue weighted by molar-refractivity contribution is 0.141. The topological polar surface area (TPSA) is 72.7 Å². The van der Waals surface area contributed by atoms with Crippen LogP contribution in [-0.2, 0) is 4.74 Å². The van der Waals surface area contributed by atoms with Gasteiger partial charge in [0.15, 0.2) is 5.11 Å². The fraction of sp³-hybridized carbons (Fsp3) is 0.320. The van der Waals surface area contributed by atoms with Gasteiger partial charge in [0.2, 0.25) is 5.82 Å². The Kier molecular flexibility index (Phi) is 7.82. The first kappa shape index (κ1) is 24.2. The maximum atomic E-state index is 6.03. The van der Waals surface area contributed by atoms with Crippen molar-refractivity contribution in [1.29, 1.82) is 0 Å². The Balaban J connectivity index is 1.72. The number of aromatic nitrogens is 2. The van der Waals surface area contributed by atoms with Crippen molar-refractivity contribution in [3.05, 3.63) is 70.7 Å². The van der Waals surface area contributed by atoms with Gasteiger partial charge in [-0.2, -0.15) is 4.98 Å². The van der Waals surface area contributed by atoms with E-state index >= 15 is 0 Å². The van der Waals surface area contributed by atoms with Crippen molar-refractivity contribution < 1.29 is 14.0 Å². The van der Waals surface area contributed by atoms with Gasteiger partial charge in [-0.05, 0) is 74.4 Å². The smallest absolute Gasteiger partial charge is 0.258 e. The van der Waals surface area contributed by atoms with Crippen LogP contribution >= 0.6 is 23.8 Å². The molecule has 1 aliphatic rings. The van der Waals surface area contributed by atoms with Crippen LogP contribution in [-0.4, -0.2) is 47.0 Å². The number of halogens is 1. The predicted octanol–water partition coefficient (Wildman–Crippen LogP) is 5.49. The fourth-order valence-electron chi connectivity index (χ4n) is 3.89. The maximum absolute atomic E-state index is 6.03. The second kappa shape index (κ2) is 11.0. The summed E-state index contributed by atoms with van der Waals surface area (Å²) < 4.78 is 16.6. The van der Waals surface area contributed by atoms with E-state index in [9.17, 15) is 0 Å². The Bertz CT molecular complexity index is 1160. The van der Waals surface area contributed by atoms with Gasteiger partial charge in [0.25, 0.3) is 5.89 Å². The quantitative estimate of drug-likeness (QED) is 0.307. The molecule has 0 saturated heterocycles. The first-order valence-electron chi connectivity index (χ1n) is 11.1. The van der Waals surface area contributed by atoms with E-state index in [2.05, 4.69) is 15.4 Å². The molecule has 1 atom stereocenters. The molecular weight excluding hydrogens is 472 g/mol. The number of hydrogen-bond donors (Lipinski definition) is 1. The van der Waals surface area contributed by atoms with Crippen LogP contribution in [0.2, 0.25) is 5.02 Å². The molecule has 9 heteroatoms. The third-order valence-corrected chi connectivity index (χ3v) is 6.27. The van der Waals surface area contributed by atoms with Gasteiger partial charge in [-0.3, -0.25) is 0 Å². The highest BCUT2D eigenvalue weighted by Crippen LogP contribution is 2.38. The highest BCUT2D eigenvalue weighted by atomic mass is 35.5. The van der Waals surface area contributed by atoms with Crippen molar-refractivity contribution in [2.75, 3.05) is 26.9 Å². The lowest BCUT2D eigenvalue weighted by atomic mass is 9.94. The van der Waals surface area contributed by atoms with Gasteiger partial charge in [-0.1, -0.05) is 28.9 Å². The number of ether oxygens (including phenoxy) is 2. The standard InChI is InChI=1S/C25H27ClN4O3S/c1-4-32-15-5-14-30-16(2)21(22(27-25(30)34)17-8-12-20(31-3)13-9-17)24-28-23(29-33-24)18-6-10-19(26)11-7-18/h6-13,22H,4-5,14-15H2,1-3H3,(H,27,34). The molecule has 7 nitrogen and oxygen atoms in total. The van der Waals surface area contributed by atoms with Crippen LogP contribution in [0.1, 0.15) is 37.8 Å². The molecule has 0 spiro atoms. The molecule has 0 fully saturated rings. The number of methoxy groups -OCH3 is 1. The van der Waals surface area contributed by atoms with Crippen LogP contribution in [0.15, 0.2) is 58.8 Å². The highest BCUT2D eigenvalue weighted by Gasteiger charge is 2.34. The SMILES string of the molecule is CCOCCCN1C(=S)NC(c2ccc(OC)cc2)C(c2nc(-c3ccc(Cl)cc3)no2)=C1C. The van der Waals surface area contributed by atoms with Gasteiger partial charge in [0.05, 0.1) is 18.7 Å². The van der Waals surface area contributed by atoms with E-state index in [0.29, 0.717) is 41.6 Å². The number of benzene rings is 2. The molecule has 34 heavy (non-hydrogen) atoms. The maximum Gasteiger partial charge on any atom is 0.258 e. The van der Waals surface area contributed by atoms with Gasteiger partial charge in [0, 0.05) is 36.0 Å². The molecule has 0 bridgehead atoms. The predicted molar refractivity (Wildman–Crippen MR) is 137 cm³/mol. The van der Waals surface area contributed by atoms with Gasteiger partial charge in [-0.25, -0.2) is 0 Å². The highest BCUT2D eigenvalue weighted by molar-refractivity contribution is 7.80. The van der Waals surface area contributed by atoms with Crippen LogP contribution < -0.4 is 10.1 Å². The van der Waals surface area contributed by atoms with Crippen molar-refractivity contribution in [3.63, 3.8) is 0 Å². The Hall–Kier alpha value is -2.94. The Morgan fingerprint density at radius 1 is 1.15 bits per heavy atom. The molecule has 3 aromatic rings. The minimum Gasteiger partial charge on any atom is -0.497 e. The summed E-state index contributed by atoms with van der Waals surface area (Å²) in [6, 6.07) is 15.0. The van der Waals surface area contributed by atoms with Crippen LogP contribution in [0.5, 0.6) is 5.75 Å². The fourth-order valence-corrected chi connectivity index (χ4v) is 4.36. The molecule has 0 amide bonds. The van der Waals surface area contributed by atoms with Crippen LogP contribution in [0, 0.1) is 0 Å². The van der Waals surface area contributed by atoms with Crippen molar-refractivity contribution >= 4 is 34.5 Å². The first-order valence-corrected chi connectivity index (χ1v) is 11.9. The molecule has 1 unspecified atom stereocenters. The summed E-state index contributed by atoms with van der Waals surface area (Å²) in [4.78, 5) is 6.79. The molecule has 1 aliphatic heterocycles. The number of nitrogens with one attached hydrogen (secondary N) is 1. The zero-order chi connectivity index (χ0) is 24.1. The van der Waals surface area contributed by atoms with E-state index in [-0.39, 0.29) is 6.04 Å². The lowest BCUT2D eigenvalue weighted by Crippen LogP contribution is -2.46. The van der Waals surface area contributed by atoms with Crippen LogP contribution in [0.4, 0.5) is 0 Å². The first-order chi connectivity index (χ1) is 16.5. The van der Waals surface area contributed by atoms with E-state index in [0.717, 1.165) is 34.6 Å². The number of hydrogen-bond acceptors (Lipinski definition) is 6. The normalized spacial score (nSPS) is 16.1. The summed E-state index contributed by atoms with van der Waals surface area (Å²) >= 11 is 11.8. The molecule has 0 aliphatic carbocycles. The van der Waals surface area contributed by atoms with Crippen LogP contribution in [0.3, 0.4) is 0 Å². The Morgan fingerprint density at radius 2 is 1.88 bits per heavy atom. The summed E-state index contributed by atoms with van der Waals surface area (Å²) in [5, 5.41) is 9.00. The summed E-state index contributed by atoms with van der Waals surface area (Å²) in [5.74, 6) is 1.72. The van der Waals surface area contributed by atoms with Crippen molar-refractivity contribution in [3.8, 4) is 17.1 Å². The molecule has 2 heterocycles. The van der Waals surface area contributed by atoms with Gasteiger partial charge >= 0.3 is 0 Å². The lowest BCUT2D eigenvalue weighted by Gasteiger charge is -2.37. The molecule has 1 N–H and O–H groups in total. The molecule has 0 saturated carbocycles. The molecule has 0 radical (unpaired) electrons. The van der Waals surface area contributed by atoms with Gasteiger partial charge in [0.1, 0.15) is 5.75 Å². The van der Waals surface area contributed by atoms with Crippen molar-refractivity contribution in [2.24, 2.45) is 0 Å². The van der Waals surface area contributed by atoms with Crippen LogP contribution in [0.25, 0.3) is 17.0 Å². The summed E-state index contributed by atoms with van der Waals surface area (Å²) in [5.41, 5.74) is 3.68. The third kappa shape index (κ3) is 5.24. The third-order valence-electron chi connectivity index (χ3n) is 5.68. The van der Waals surface area contributed by atoms with Gasteiger partial charge < -0.3 is 24.2 Å². The molecule has 178 valence electrons. The number of allylic oxidation sites excluding steroid dienone is 1. The molecular formula is C25H27ClN4O3S. The van der Waals surface area contributed by atoms with E-state index < -0.39 is 0 Å². The number of nitrogens with zero attached hydrogens (tertiary/aromatic N) is 3. The molecule has 2 aromatic carbocycles. The average molecular weight is 499 g/mol. The number of rotatable bonds is 9. The van der Waals surface area contributed by atoms with Crippen molar-refractivity contribution in [2.45, 2.75) is 26.3 Å². The van der Waals surface area contributed by atoms with Crippen molar-refractivity contribution in [1.82, 2.24) is 20.4 Å². The largest absolute Gasteiger partial charge is 0.497 e.